The van der Waals surface area contributed by atoms with Crippen LogP contribution >= 0.6 is 11.3 Å². The second-order valence-electron chi connectivity index (χ2n) is 3.49. The Hall–Kier alpha value is -1.86. The summed E-state index contributed by atoms with van der Waals surface area (Å²) < 4.78 is 0. The molecule has 0 fully saturated rings. The molecule has 0 radical (unpaired) electrons. The van der Waals surface area contributed by atoms with Gasteiger partial charge in [0, 0.05) is 18.1 Å². The van der Waals surface area contributed by atoms with E-state index in [1.807, 2.05) is 42.2 Å². The zero-order valence-electron chi connectivity index (χ0n) is 8.92. The summed E-state index contributed by atoms with van der Waals surface area (Å²) in [6.45, 7) is 0.787. The predicted octanol–water partition coefficient (Wildman–Crippen LogP) is 2.65. The molecule has 0 saturated carbocycles. The average Bonchev–Trinajstić information content (AvgIpc) is 2.82. The topological polar surface area (TPSA) is 39.9 Å². The zero-order chi connectivity index (χ0) is 11.4. The Kier molecular flexibility index (Phi) is 3.18. The largest absolute Gasteiger partial charge is 0.369 e. The van der Waals surface area contributed by atoms with Crippen molar-refractivity contribution in [2.24, 2.45) is 0 Å². The van der Waals surface area contributed by atoms with Crippen molar-refractivity contribution in [3.05, 3.63) is 46.4 Å². The Morgan fingerprint density at radius 2 is 2.12 bits per heavy atom. The molecular weight excluding hydrogens is 218 g/mol. The van der Waals surface area contributed by atoms with E-state index in [4.69, 9.17) is 5.26 Å². The molecule has 2 aromatic rings. The monoisotopic (exact) mass is 229 g/mol. The third kappa shape index (κ3) is 2.38. The van der Waals surface area contributed by atoms with Crippen LogP contribution in [0.5, 0.6) is 0 Å². The van der Waals surface area contributed by atoms with Crippen molar-refractivity contribution in [2.45, 2.75) is 6.54 Å². The molecule has 0 bridgehead atoms. The molecule has 1 aromatic heterocycles. The number of aromatic nitrogens is 1. The van der Waals surface area contributed by atoms with Gasteiger partial charge in [-0.1, -0.05) is 0 Å². The summed E-state index contributed by atoms with van der Waals surface area (Å²) in [5, 5.41) is 10.7. The molecular formula is C12H11N3S. The fourth-order valence-corrected chi connectivity index (χ4v) is 1.99. The van der Waals surface area contributed by atoms with Crippen LogP contribution in [-0.2, 0) is 6.54 Å². The highest BCUT2D eigenvalue weighted by atomic mass is 32.1. The maximum atomic E-state index is 8.70. The van der Waals surface area contributed by atoms with E-state index in [1.165, 1.54) is 0 Å². The summed E-state index contributed by atoms with van der Waals surface area (Å²) in [4.78, 5) is 6.35. The van der Waals surface area contributed by atoms with Gasteiger partial charge in [-0.05, 0) is 24.3 Å². The number of hydrogen-bond donors (Lipinski definition) is 0. The molecule has 4 heteroatoms. The van der Waals surface area contributed by atoms with Crippen LogP contribution in [0.2, 0.25) is 0 Å². The number of nitrogens with zero attached hydrogens (tertiary/aromatic N) is 3. The second kappa shape index (κ2) is 4.77. The summed E-state index contributed by atoms with van der Waals surface area (Å²) in [6.07, 6.45) is 0. The molecule has 3 nitrogen and oxygen atoms in total. The minimum atomic E-state index is 0.686. The summed E-state index contributed by atoms with van der Waals surface area (Å²) in [6, 6.07) is 9.66. The molecule has 0 spiro atoms. The Balaban J connectivity index is 2.09. The first-order valence-corrected chi connectivity index (χ1v) is 5.82. The van der Waals surface area contributed by atoms with Crippen molar-refractivity contribution in [1.29, 1.82) is 5.26 Å². The third-order valence-electron chi connectivity index (χ3n) is 2.32. The molecule has 0 aliphatic rings. The first-order chi connectivity index (χ1) is 7.79. The Morgan fingerprint density at radius 1 is 1.38 bits per heavy atom. The predicted molar refractivity (Wildman–Crippen MR) is 65.4 cm³/mol. The third-order valence-corrected chi connectivity index (χ3v) is 2.96. The van der Waals surface area contributed by atoms with Gasteiger partial charge in [0.1, 0.15) is 0 Å². The minimum absolute atomic E-state index is 0.686. The van der Waals surface area contributed by atoms with Crippen molar-refractivity contribution < 1.29 is 0 Å². The van der Waals surface area contributed by atoms with E-state index in [-0.39, 0.29) is 0 Å². The lowest BCUT2D eigenvalue weighted by atomic mass is 10.2. The highest BCUT2D eigenvalue weighted by molar-refractivity contribution is 7.07. The molecule has 0 amide bonds. The molecule has 0 saturated heterocycles. The molecule has 16 heavy (non-hydrogen) atoms. The molecule has 0 atom stereocenters. The number of hydrogen-bond acceptors (Lipinski definition) is 4. The van der Waals surface area contributed by atoms with Crippen LogP contribution in [0.25, 0.3) is 0 Å². The van der Waals surface area contributed by atoms with Gasteiger partial charge < -0.3 is 4.90 Å². The lowest BCUT2D eigenvalue weighted by molar-refractivity contribution is 0.895. The van der Waals surface area contributed by atoms with Crippen LogP contribution in [0, 0.1) is 11.3 Å². The SMILES string of the molecule is CN(Cc1cscn1)c1ccc(C#N)cc1. The summed E-state index contributed by atoms with van der Waals surface area (Å²) in [5.74, 6) is 0. The normalized spacial score (nSPS) is 9.75. The lowest BCUT2D eigenvalue weighted by Crippen LogP contribution is -2.16. The van der Waals surface area contributed by atoms with Crippen molar-refractivity contribution in [2.75, 3.05) is 11.9 Å². The average molecular weight is 229 g/mol. The Bertz CT molecular complexity index is 482. The highest BCUT2D eigenvalue weighted by Crippen LogP contribution is 2.16. The standard InChI is InChI=1S/C12H11N3S/c1-15(7-11-8-16-9-14-11)12-4-2-10(6-13)3-5-12/h2-5,8-9H,7H2,1H3. The molecule has 0 aliphatic heterocycles. The van der Waals surface area contributed by atoms with Gasteiger partial charge in [-0.25, -0.2) is 4.98 Å². The van der Waals surface area contributed by atoms with Crippen molar-refractivity contribution >= 4 is 17.0 Å². The van der Waals surface area contributed by atoms with Gasteiger partial charge in [0.2, 0.25) is 0 Å². The van der Waals surface area contributed by atoms with E-state index in [0.29, 0.717) is 5.56 Å². The van der Waals surface area contributed by atoms with Crippen LogP contribution < -0.4 is 4.90 Å². The second-order valence-corrected chi connectivity index (χ2v) is 4.21. The van der Waals surface area contributed by atoms with E-state index < -0.39 is 0 Å². The molecule has 0 unspecified atom stereocenters. The van der Waals surface area contributed by atoms with Crippen molar-refractivity contribution in [1.82, 2.24) is 4.98 Å². The van der Waals surface area contributed by atoms with Crippen LogP contribution in [-0.4, -0.2) is 12.0 Å². The van der Waals surface area contributed by atoms with Gasteiger partial charge in [0.25, 0.3) is 0 Å². The fraction of sp³-hybridized carbons (Fsp3) is 0.167. The minimum Gasteiger partial charge on any atom is -0.369 e. The summed E-state index contributed by atoms with van der Waals surface area (Å²) in [5.41, 5.74) is 4.68. The maximum Gasteiger partial charge on any atom is 0.0991 e. The Morgan fingerprint density at radius 3 is 2.69 bits per heavy atom. The first kappa shape index (κ1) is 10.7. The number of benzene rings is 1. The van der Waals surface area contributed by atoms with Gasteiger partial charge >= 0.3 is 0 Å². The van der Waals surface area contributed by atoms with Crippen LogP contribution in [0.3, 0.4) is 0 Å². The van der Waals surface area contributed by atoms with E-state index in [0.717, 1.165) is 17.9 Å². The lowest BCUT2D eigenvalue weighted by Gasteiger charge is -2.17. The van der Waals surface area contributed by atoms with E-state index in [2.05, 4.69) is 16.0 Å². The van der Waals surface area contributed by atoms with Gasteiger partial charge in [-0.3, -0.25) is 0 Å². The van der Waals surface area contributed by atoms with E-state index >= 15 is 0 Å². The van der Waals surface area contributed by atoms with Crippen LogP contribution in [0.15, 0.2) is 35.2 Å². The maximum absolute atomic E-state index is 8.70. The van der Waals surface area contributed by atoms with Gasteiger partial charge in [0.15, 0.2) is 0 Å². The van der Waals surface area contributed by atoms with Gasteiger partial charge in [0.05, 0.1) is 29.4 Å². The van der Waals surface area contributed by atoms with Gasteiger partial charge in [-0.2, -0.15) is 5.26 Å². The number of thiazole rings is 1. The Labute approximate surface area is 98.6 Å². The quantitative estimate of drug-likeness (QED) is 0.812. The van der Waals surface area contributed by atoms with Crippen LogP contribution in [0.4, 0.5) is 5.69 Å². The fourth-order valence-electron chi connectivity index (χ4n) is 1.44. The van der Waals surface area contributed by atoms with Crippen molar-refractivity contribution in [3.63, 3.8) is 0 Å². The molecule has 2 rings (SSSR count). The summed E-state index contributed by atoms with van der Waals surface area (Å²) in [7, 11) is 2.01. The van der Waals surface area contributed by atoms with E-state index in [1.54, 1.807) is 11.3 Å². The molecule has 1 aromatic carbocycles. The zero-order valence-corrected chi connectivity index (χ0v) is 9.74. The number of nitriles is 1. The molecule has 0 aliphatic carbocycles. The number of rotatable bonds is 3. The highest BCUT2D eigenvalue weighted by Gasteiger charge is 2.03. The van der Waals surface area contributed by atoms with Crippen LogP contribution in [0.1, 0.15) is 11.3 Å². The summed E-state index contributed by atoms with van der Waals surface area (Å²) >= 11 is 1.60. The van der Waals surface area contributed by atoms with Crippen molar-refractivity contribution in [3.8, 4) is 6.07 Å². The number of anilines is 1. The smallest absolute Gasteiger partial charge is 0.0991 e. The molecule has 1 heterocycles. The van der Waals surface area contributed by atoms with E-state index in [9.17, 15) is 0 Å². The first-order valence-electron chi connectivity index (χ1n) is 4.88. The molecule has 0 N–H and O–H groups in total. The molecule has 80 valence electrons. The van der Waals surface area contributed by atoms with Gasteiger partial charge in [-0.15, -0.1) is 11.3 Å².